The molecular weight excluding hydrogens is 296 g/mol. The Hall–Kier alpha value is -1.92. The Bertz CT molecular complexity index is 631. The zero-order chi connectivity index (χ0) is 16.2. The van der Waals surface area contributed by atoms with Gasteiger partial charge in [-0.3, -0.25) is 19.6 Å². The molecule has 0 radical (unpaired) electrons. The number of hydrogen-bond acceptors (Lipinski definition) is 4. The number of carbonyl (C=O) groups excluding carboxylic acids is 1. The summed E-state index contributed by atoms with van der Waals surface area (Å²) in [7, 11) is 0. The molecule has 0 aromatic carbocycles. The number of nitro groups is 1. The molecule has 0 aliphatic heterocycles. The summed E-state index contributed by atoms with van der Waals surface area (Å²) < 4.78 is 1.78. The van der Waals surface area contributed by atoms with Crippen molar-refractivity contribution in [2.24, 2.45) is 17.8 Å². The van der Waals surface area contributed by atoms with Gasteiger partial charge in [0.2, 0.25) is 5.69 Å². The Morgan fingerprint density at radius 2 is 1.91 bits per heavy atom. The van der Waals surface area contributed by atoms with Crippen molar-refractivity contribution in [3.05, 3.63) is 22.0 Å². The maximum Gasteiger partial charge on any atom is 0.320 e. The Morgan fingerprint density at radius 1 is 1.35 bits per heavy atom. The highest BCUT2D eigenvalue weighted by Gasteiger charge is 2.53. The second kappa shape index (κ2) is 5.04. The fraction of sp³-hybridized carbons (Fsp3) is 0.750. The van der Waals surface area contributed by atoms with E-state index in [1.807, 2.05) is 0 Å². The minimum absolute atomic E-state index is 0.0485. The van der Waals surface area contributed by atoms with Crippen LogP contribution in [0.15, 0.2) is 6.20 Å². The van der Waals surface area contributed by atoms with Gasteiger partial charge in [0.15, 0.2) is 0 Å². The monoisotopic (exact) mass is 318 g/mol. The summed E-state index contributed by atoms with van der Waals surface area (Å²) in [4.78, 5) is 23.0. The molecule has 1 aromatic heterocycles. The molecule has 4 fully saturated rings. The van der Waals surface area contributed by atoms with E-state index in [-0.39, 0.29) is 16.9 Å². The predicted octanol–water partition coefficient (Wildman–Crippen LogP) is 2.47. The zero-order valence-corrected chi connectivity index (χ0v) is 13.3. The van der Waals surface area contributed by atoms with Crippen LogP contribution in [0, 0.1) is 27.9 Å². The van der Waals surface area contributed by atoms with Gasteiger partial charge in [-0.1, -0.05) is 0 Å². The van der Waals surface area contributed by atoms with Crippen LogP contribution in [0.3, 0.4) is 0 Å². The molecule has 23 heavy (non-hydrogen) atoms. The number of nitrogens with zero attached hydrogens (tertiary/aromatic N) is 3. The van der Waals surface area contributed by atoms with Crippen molar-refractivity contribution in [2.75, 3.05) is 6.54 Å². The third-order valence-electron chi connectivity index (χ3n) is 5.94. The molecule has 0 saturated heterocycles. The van der Waals surface area contributed by atoms with Crippen LogP contribution in [0.2, 0.25) is 0 Å². The third-order valence-corrected chi connectivity index (χ3v) is 5.94. The largest absolute Gasteiger partial charge is 0.351 e. The molecular formula is C16H22N4O3. The first kappa shape index (κ1) is 14.7. The van der Waals surface area contributed by atoms with Crippen LogP contribution < -0.4 is 5.32 Å². The number of carbonyl (C=O) groups is 1. The molecule has 4 aliphatic rings. The van der Waals surface area contributed by atoms with Gasteiger partial charge < -0.3 is 5.32 Å². The first-order valence-corrected chi connectivity index (χ1v) is 8.53. The van der Waals surface area contributed by atoms with Gasteiger partial charge in [-0.05, 0) is 63.2 Å². The first-order chi connectivity index (χ1) is 11.0. The van der Waals surface area contributed by atoms with E-state index in [4.69, 9.17) is 0 Å². The van der Waals surface area contributed by atoms with Gasteiger partial charge >= 0.3 is 5.69 Å². The van der Waals surface area contributed by atoms with Crippen LogP contribution in [0.4, 0.5) is 5.69 Å². The molecule has 0 unspecified atom stereocenters. The van der Waals surface area contributed by atoms with Gasteiger partial charge in [0.1, 0.15) is 6.20 Å². The van der Waals surface area contributed by atoms with Crippen molar-refractivity contribution in [3.63, 3.8) is 0 Å². The topological polar surface area (TPSA) is 90.1 Å². The van der Waals surface area contributed by atoms with E-state index in [9.17, 15) is 14.9 Å². The standard InChI is InChI=1S/C16H22N4O3/c1-2-17-15(21)14-13(20(22)23)9-19(18-14)16-6-10-3-11(7-16)5-12(4-10)8-16/h9-12H,2-8H2,1H3,(H,17,21). The lowest BCUT2D eigenvalue weighted by Gasteiger charge is -2.56. The summed E-state index contributed by atoms with van der Waals surface area (Å²) in [5, 5.41) is 18.4. The Morgan fingerprint density at radius 3 is 2.39 bits per heavy atom. The number of nitrogens with one attached hydrogen (secondary N) is 1. The average molecular weight is 318 g/mol. The molecule has 5 rings (SSSR count). The lowest BCUT2D eigenvalue weighted by atomic mass is 9.53. The maximum atomic E-state index is 12.1. The lowest BCUT2D eigenvalue weighted by Crippen LogP contribution is -2.52. The number of rotatable bonds is 4. The Kier molecular flexibility index (Phi) is 3.21. The van der Waals surface area contributed by atoms with Crippen molar-refractivity contribution < 1.29 is 9.72 Å². The number of aromatic nitrogens is 2. The van der Waals surface area contributed by atoms with Crippen molar-refractivity contribution in [1.82, 2.24) is 15.1 Å². The first-order valence-electron chi connectivity index (χ1n) is 8.53. The molecule has 0 atom stereocenters. The van der Waals surface area contributed by atoms with Crippen molar-refractivity contribution in [2.45, 2.75) is 51.0 Å². The molecule has 7 nitrogen and oxygen atoms in total. The van der Waals surface area contributed by atoms with Crippen molar-refractivity contribution >= 4 is 11.6 Å². The van der Waals surface area contributed by atoms with E-state index in [1.165, 1.54) is 25.5 Å². The van der Waals surface area contributed by atoms with Crippen LogP contribution in [-0.2, 0) is 5.54 Å². The van der Waals surface area contributed by atoms with Gasteiger partial charge in [-0.25, -0.2) is 0 Å². The maximum absolute atomic E-state index is 12.1. The highest BCUT2D eigenvalue weighted by molar-refractivity contribution is 5.96. The Balaban J connectivity index is 1.73. The Labute approximate surface area is 134 Å². The molecule has 124 valence electrons. The number of hydrogen-bond donors (Lipinski definition) is 1. The fourth-order valence-electron chi connectivity index (χ4n) is 5.49. The van der Waals surface area contributed by atoms with E-state index < -0.39 is 10.8 Å². The van der Waals surface area contributed by atoms with Crippen molar-refractivity contribution in [3.8, 4) is 0 Å². The van der Waals surface area contributed by atoms with Crippen LogP contribution in [0.1, 0.15) is 55.9 Å². The molecule has 1 amide bonds. The van der Waals surface area contributed by atoms with E-state index >= 15 is 0 Å². The summed E-state index contributed by atoms with van der Waals surface area (Å²) in [6.07, 6.45) is 8.53. The van der Waals surface area contributed by atoms with E-state index in [0.717, 1.165) is 37.0 Å². The molecule has 1 aromatic rings. The lowest BCUT2D eigenvalue weighted by molar-refractivity contribution is -0.385. The highest BCUT2D eigenvalue weighted by atomic mass is 16.6. The quantitative estimate of drug-likeness (QED) is 0.682. The number of amides is 1. The predicted molar refractivity (Wildman–Crippen MR) is 83.0 cm³/mol. The van der Waals surface area contributed by atoms with Gasteiger partial charge in [-0.15, -0.1) is 0 Å². The van der Waals surface area contributed by atoms with Gasteiger partial charge in [0.25, 0.3) is 5.91 Å². The minimum Gasteiger partial charge on any atom is -0.351 e. The molecule has 1 heterocycles. The SMILES string of the molecule is CCNC(=O)c1nn(C23CC4CC(CC(C4)C2)C3)cc1[N+](=O)[O-]. The van der Waals surface area contributed by atoms with Crippen LogP contribution >= 0.6 is 0 Å². The minimum atomic E-state index is -0.491. The summed E-state index contributed by atoms with van der Waals surface area (Å²) in [5.41, 5.74) is -0.330. The smallest absolute Gasteiger partial charge is 0.320 e. The van der Waals surface area contributed by atoms with Crippen LogP contribution in [0.5, 0.6) is 0 Å². The molecule has 4 aliphatic carbocycles. The summed E-state index contributed by atoms with van der Waals surface area (Å²) in [6.45, 7) is 2.22. The summed E-state index contributed by atoms with van der Waals surface area (Å²) in [5.74, 6) is 1.70. The normalized spacial score (nSPS) is 34.6. The zero-order valence-electron chi connectivity index (χ0n) is 13.3. The van der Waals surface area contributed by atoms with Gasteiger partial charge in [0, 0.05) is 6.54 Å². The third kappa shape index (κ3) is 2.24. The highest BCUT2D eigenvalue weighted by Crippen LogP contribution is 2.58. The second-order valence-electron chi connectivity index (χ2n) is 7.57. The van der Waals surface area contributed by atoms with Crippen LogP contribution in [0.25, 0.3) is 0 Å². The summed E-state index contributed by atoms with van der Waals surface area (Å²) >= 11 is 0. The average Bonchev–Trinajstić information content (AvgIpc) is 2.92. The molecule has 4 saturated carbocycles. The van der Waals surface area contributed by atoms with Crippen LogP contribution in [-0.4, -0.2) is 27.2 Å². The second-order valence-corrected chi connectivity index (χ2v) is 7.57. The molecule has 0 spiro atoms. The van der Waals surface area contributed by atoms with Gasteiger partial charge in [0.05, 0.1) is 10.5 Å². The van der Waals surface area contributed by atoms with Gasteiger partial charge in [-0.2, -0.15) is 5.10 Å². The summed E-state index contributed by atoms with van der Waals surface area (Å²) in [6, 6.07) is 0. The van der Waals surface area contributed by atoms with E-state index in [2.05, 4.69) is 10.4 Å². The van der Waals surface area contributed by atoms with Crippen molar-refractivity contribution in [1.29, 1.82) is 0 Å². The van der Waals surface area contributed by atoms with E-state index in [0.29, 0.717) is 6.54 Å². The fourth-order valence-corrected chi connectivity index (χ4v) is 5.49. The molecule has 1 N–H and O–H groups in total. The molecule has 7 heteroatoms. The van der Waals surface area contributed by atoms with E-state index in [1.54, 1.807) is 11.6 Å². The molecule has 4 bridgehead atoms.